The van der Waals surface area contributed by atoms with Gasteiger partial charge in [0.25, 0.3) is 22.9 Å². The molecule has 0 aromatic rings. The third-order valence-corrected chi connectivity index (χ3v) is 1.71. The van der Waals surface area contributed by atoms with E-state index < -0.39 is 0 Å². The highest BCUT2D eigenvalue weighted by Gasteiger charge is 2.41. The summed E-state index contributed by atoms with van der Waals surface area (Å²) in [4.78, 5) is 22.8. The summed E-state index contributed by atoms with van der Waals surface area (Å²) in [6, 6.07) is 0. The fourth-order valence-corrected chi connectivity index (χ4v) is 0.721. The molecule has 0 aliphatic rings. The zero-order chi connectivity index (χ0) is 10.2. The molecule has 0 radical (unpaired) electrons. The number of rotatable bonds is 0. The van der Waals surface area contributed by atoms with Crippen molar-refractivity contribution in [1.29, 1.82) is 0 Å². The minimum Gasteiger partial charge on any atom is -0.255 e. The van der Waals surface area contributed by atoms with Crippen LogP contribution in [-0.4, -0.2) is 54.2 Å². The van der Waals surface area contributed by atoms with E-state index in [0.717, 1.165) is 0 Å². The first kappa shape index (κ1) is 12.0. The summed E-state index contributed by atoms with van der Waals surface area (Å²) in [6.45, 7) is 0. The van der Waals surface area contributed by atoms with Crippen molar-refractivity contribution in [3.05, 3.63) is 0 Å². The van der Waals surface area contributed by atoms with Gasteiger partial charge >= 0.3 is 11.8 Å². The Morgan fingerprint density at radius 2 is 1.25 bits per heavy atom. The fourth-order valence-electron chi connectivity index (χ4n) is 0.514. The van der Waals surface area contributed by atoms with Gasteiger partial charge in [0.15, 0.2) is 0 Å². The van der Waals surface area contributed by atoms with Gasteiger partial charge in [-0.15, -0.1) is 0 Å². The molecule has 0 fully saturated rings. The van der Waals surface area contributed by atoms with Crippen LogP contribution in [0.5, 0.6) is 0 Å². The SMILES string of the molecule is C[N+](C)(C)C(=O)C(=O)[N+](C)(C)I. The number of hydrogen-bond acceptors (Lipinski definition) is 2. The van der Waals surface area contributed by atoms with E-state index in [4.69, 9.17) is 0 Å². The lowest BCUT2D eigenvalue weighted by Crippen LogP contribution is -2.53. The molecule has 0 unspecified atom stereocenters. The van der Waals surface area contributed by atoms with E-state index in [0.29, 0.717) is 0 Å². The van der Waals surface area contributed by atoms with Gasteiger partial charge in [0, 0.05) is 0 Å². The fraction of sp³-hybridized carbons (Fsp3) is 0.714. The maximum atomic E-state index is 11.4. The molecule has 2 amide bonds. The Balaban J connectivity index is 4.66. The first-order valence-corrected chi connectivity index (χ1v) is 4.48. The molecule has 0 spiro atoms. The summed E-state index contributed by atoms with van der Waals surface area (Å²) in [7, 11) is 8.42. The quantitative estimate of drug-likeness (QED) is 0.275. The molecule has 0 bridgehead atoms. The highest BCUT2D eigenvalue weighted by atomic mass is 127. The number of quaternary nitrogens is 2. The van der Waals surface area contributed by atoms with E-state index in [9.17, 15) is 9.59 Å². The van der Waals surface area contributed by atoms with Crippen molar-refractivity contribution in [3.8, 4) is 0 Å². The molecule has 70 valence electrons. The number of nitrogens with zero attached hydrogens (tertiary/aromatic N) is 2. The summed E-state index contributed by atoms with van der Waals surface area (Å²) in [5.74, 6) is -0.766. The zero-order valence-corrected chi connectivity index (χ0v) is 10.2. The topological polar surface area (TPSA) is 34.1 Å². The Kier molecular flexibility index (Phi) is 3.39. The number of likely N-dealkylation sites (N-methyl/N-ethyl adjacent to an activating group) is 2. The average Bonchev–Trinajstić information content (AvgIpc) is 1.80. The number of carbonyl (C=O) groups excluding carboxylic acids is 2. The monoisotopic (exact) mass is 286 g/mol. The minimum atomic E-state index is -0.386. The minimum absolute atomic E-state index is 0.0200. The number of halogens is 1. The lowest BCUT2D eigenvalue weighted by Gasteiger charge is -2.22. The molecule has 4 nitrogen and oxygen atoms in total. The molecule has 0 N–H and O–H groups in total. The molecule has 0 rings (SSSR count). The van der Waals surface area contributed by atoms with Crippen LogP contribution < -0.4 is 0 Å². The highest BCUT2D eigenvalue weighted by molar-refractivity contribution is 14.1. The molecule has 0 aliphatic heterocycles. The van der Waals surface area contributed by atoms with Crippen LogP contribution in [0, 0.1) is 0 Å². The average molecular weight is 286 g/mol. The second-order valence-corrected chi connectivity index (χ2v) is 6.35. The van der Waals surface area contributed by atoms with Gasteiger partial charge in [0.05, 0.1) is 35.2 Å². The first-order chi connectivity index (χ1) is 5.07. The molecule has 0 aliphatic carbocycles. The molecule has 5 heteroatoms. The second-order valence-electron chi connectivity index (χ2n) is 3.94. The highest BCUT2D eigenvalue weighted by Crippen LogP contribution is 2.10. The van der Waals surface area contributed by atoms with Crippen LogP contribution in [0.2, 0.25) is 0 Å². The zero-order valence-electron chi connectivity index (χ0n) is 8.09. The van der Waals surface area contributed by atoms with Gasteiger partial charge in [-0.05, 0) is 0 Å². The van der Waals surface area contributed by atoms with Crippen LogP contribution >= 0.6 is 22.9 Å². The second kappa shape index (κ2) is 3.39. The maximum Gasteiger partial charge on any atom is 0.449 e. The Morgan fingerprint density at radius 1 is 0.917 bits per heavy atom. The summed E-state index contributed by atoms with van der Waals surface area (Å²) in [6.07, 6.45) is 0. The Labute approximate surface area is 86.8 Å². The van der Waals surface area contributed by atoms with Crippen LogP contribution in [0.3, 0.4) is 0 Å². The molecule has 0 saturated carbocycles. The van der Waals surface area contributed by atoms with Crippen molar-refractivity contribution in [2.24, 2.45) is 0 Å². The van der Waals surface area contributed by atoms with Gasteiger partial charge in [0.1, 0.15) is 0 Å². The molecular formula is C7H15IN2O2+2. The van der Waals surface area contributed by atoms with Gasteiger partial charge in [-0.3, -0.25) is 4.48 Å². The largest absolute Gasteiger partial charge is 0.449 e. The normalized spacial score (nSPS) is 12.8. The first-order valence-electron chi connectivity index (χ1n) is 3.51. The van der Waals surface area contributed by atoms with Gasteiger partial charge in [-0.25, -0.2) is 9.59 Å². The van der Waals surface area contributed by atoms with Crippen molar-refractivity contribution < 1.29 is 16.8 Å². The van der Waals surface area contributed by atoms with Crippen LogP contribution in [-0.2, 0) is 9.59 Å². The van der Waals surface area contributed by atoms with Gasteiger partial charge in [-0.1, -0.05) is 0 Å². The molecule has 0 aromatic carbocycles. The van der Waals surface area contributed by atoms with Crippen LogP contribution in [0.25, 0.3) is 0 Å². The van der Waals surface area contributed by atoms with Crippen molar-refractivity contribution in [2.75, 3.05) is 35.2 Å². The van der Waals surface area contributed by atoms with E-state index in [2.05, 4.69) is 0 Å². The molecule has 0 heterocycles. The Morgan fingerprint density at radius 3 is 1.33 bits per heavy atom. The van der Waals surface area contributed by atoms with E-state index in [1.165, 1.54) is 0 Å². The van der Waals surface area contributed by atoms with Crippen molar-refractivity contribution >= 4 is 34.7 Å². The van der Waals surface area contributed by atoms with Gasteiger partial charge in [-0.2, -0.15) is 2.70 Å². The summed E-state index contributed by atoms with van der Waals surface area (Å²) in [5.41, 5.74) is 0. The Bertz CT molecular complexity index is 188. The summed E-state index contributed by atoms with van der Waals surface area (Å²) in [5, 5.41) is 0. The predicted molar refractivity (Wildman–Crippen MR) is 54.2 cm³/mol. The molecular weight excluding hydrogens is 271 g/mol. The lowest BCUT2D eigenvalue weighted by atomic mass is 10.4. The van der Waals surface area contributed by atoms with E-state index >= 15 is 0 Å². The molecule has 0 saturated heterocycles. The van der Waals surface area contributed by atoms with E-state index in [1.54, 1.807) is 35.2 Å². The molecule has 12 heavy (non-hydrogen) atoms. The standard InChI is InChI=1S/C7H15IN2O2/c1-9(2,3)6(11)7(12)10(4,5)8/h1-5H3/q+2. The van der Waals surface area contributed by atoms with Gasteiger partial charge < -0.3 is 0 Å². The van der Waals surface area contributed by atoms with Crippen molar-refractivity contribution in [2.45, 2.75) is 0 Å². The van der Waals surface area contributed by atoms with Crippen LogP contribution in [0.15, 0.2) is 0 Å². The number of amides is 2. The van der Waals surface area contributed by atoms with Crippen LogP contribution in [0.4, 0.5) is 0 Å². The van der Waals surface area contributed by atoms with Crippen LogP contribution in [0.1, 0.15) is 0 Å². The smallest absolute Gasteiger partial charge is 0.255 e. The molecule has 0 atom stereocenters. The molecule has 0 aromatic heterocycles. The summed E-state index contributed by atoms with van der Waals surface area (Å²) < 4.78 is 0.0651. The van der Waals surface area contributed by atoms with E-state index in [1.807, 2.05) is 22.9 Å². The lowest BCUT2D eigenvalue weighted by molar-refractivity contribution is -0.793. The summed E-state index contributed by atoms with van der Waals surface area (Å²) >= 11 is 1.91. The maximum absolute atomic E-state index is 11.4. The van der Waals surface area contributed by atoms with E-state index in [-0.39, 0.29) is 19.0 Å². The van der Waals surface area contributed by atoms with Crippen molar-refractivity contribution in [3.63, 3.8) is 0 Å². The third kappa shape index (κ3) is 3.16. The third-order valence-electron chi connectivity index (χ3n) is 1.28. The van der Waals surface area contributed by atoms with Gasteiger partial charge in [0.2, 0.25) is 0 Å². The number of carbonyl (C=O) groups is 2. The number of hydrogen-bond donors (Lipinski definition) is 0. The van der Waals surface area contributed by atoms with Crippen molar-refractivity contribution in [1.82, 2.24) is 0 Å². The Hall–Kier alpha value is -0.0100. The predicted octanol–water partition coefficient (Wildman–Crippen LogP) is 0.172.